The van der Waals surface area contributed by atoms with Gasteiger partial charge >= 0.3 is 0 Å². The van der Waals surface area contributed by atoms with E-state index >= 15 is 0 Å². The van der Waals surface area contributed by atoms with Crippen molar-refractivity contribution in [2.75, 3.05) is 0 Å². The molecule has 48 heavy (non-hydrogen) atoms. The van der Waals surface area contributed by atoms with Gasteiger partial charge in [0.25, 0.3) is 0 Å². The molecule has 4 aromatic rings. The lowest BCUT2D eigenvalue weighted by Crippen LogP contribution is -2.19. The molecule has 1 heterocycles. The Balaban J connectivity index is 1.91. The molecule has 4 rings (SSSR count). The SMILES string of the molecule is Bc1ccc(-c2ccc(C/N=C(\N=C(/N=C)c3cc(C(C)(C)C)cc(C(C)(C)C)c3)c3cc(C(C)(C)C)cc(C(C)(C)C)c3)cn2)cc1. The fourth-order valence-corrected chi connectivity index (χ4v) is 5.31. The minimum absolute atomic E-state index is 0.0421. The van der Waals surface area contributed by atoms with Gasteiger partial charge in [0.1, 0.15) is 7.85 Å². The molecule has 4 nitrogen and oxygen atoms in total. The molecule has 0 aliphatic heterocycles. The highest BCUT2D eigenvalue weighted by atomic mass is 15.0. The van der Waals surface area contributed by atoms with Crippen LogP contribution in [0.2, 0.25) is 0 Å². The summed E-state index contributed by atoms with van der Waals surface area (Å²) >= 11 is 0. The highest BCUT2D eigenvalue weighted by Crippen LogP contribution is 2.33. The molecule has 0 amide bonds. The lowest BCUT2D eigenvalue weighted by molar-refractivity contribution is 0.568. The summed E-state index contributed by atoms with van der Waals surface area (Å²) < 4.78 is 0. The van der Waals surface area contributed by atoms with Crippen LogP contribution in [0.25, 0.3) is 11.3 Å². The maximum absolute atomic E-state index is 5.23. The van der Waals surface area contributed by atoms with E-state index in [9.17, 15) is 0 Å². The van der Waals surface area contributed by atoms with Gasteiger partial charge in [0, 0.05) is 22.9 Å². The predicted octanol–water partition coefficient (Wildman–Crippen LogP) is 9.29. The third kappa shape index (κ3) is 9.27. The first-order valence-corrected chi connectivity index (χ1v) is 17.1. The van der Waals surface area contributed by atoms with Crippen LogP contribution >= 0.6 is 0 Å². The fraction of sp³-hybridized carbons (Fsp3) is 0.395. The summed E-state index contributed by atoms with van der Waals surface area (Å²) in [6.07, 6.45) is 1.92. The Labute approximate surface area is 291 Å². The largest absolute Gasteiger partial charge is 0.261 e. The summed E-state index contributed by atoms with van der Waals surface area (Å²) in [4.78, 5) is 19.7. The third-order valence-corrected chi connectivity index (χ3v) is 8.79. The fourth-order valence-electron chi connectivity index (χ4n) is 5.31. The standard InChI is InChI=1S/C43H55BN4/c1-40(2,3)32-20-30(21-33(24-32)41(4,5)6)38(45-13)48-39(31-22-34(42(7,8)9)25-35(23-31)43(10,11)12)47-27-28-14-19-37(46-26-28)29-15-17-36(44)18-16-29/h14-26H,13,27,44H2,1-12H3/b47-39-,48-38-. The van der Waals surface area contributed by atoms with E-state index in [-0.39, 0.29) is 21.7 Å². The van der Waals surface area contributed by atoms with E-state index in [4.69, 9.17) is 15.0 Å². The first-order chi connectivity index (χ1) is 22.1. The van der Waals surface area contributed by atoms with E-state index < -0.39 is 0 Å². The molecule has 250 valence electrons. The van der Waals surface area contributed by atoms with Crippen LogP contribution in [-0.4, -0.2) is 31.2 Å². The van der Waals surface area contributed by atoms with E-state index in [0.29, 0.717) is 18.2 Å². The highest BCUT2D eigenvalue weighted by molar-refractivity contribution is 6.32. The summed E-state index contributed by atoms with van der Waals surface area (Å²) in [5.41, 5.74) is 11.0. The first-order valence-electron chi connectivity index (χ1n) is 17.1. The number of aliphatic imine (C=N–C) groups is 3. The van der Waals surface area contributed by atoms with Crippen LogP contribution in [0, 0.1) is 0 Å². The van der Waals surface area contributed by atoms with Gasteiger partial charge in [-0.05, 0) is 86.5 Å². The van der Waals surface area contributed by atoms with Gasteiger partial charge in [-0.15, -0.1) is 0 Å². The van der Waals surface area contributed by atoms with E-state index in [1.807, 2.05) is 6.20 Å². The molecule has 0 saturated carbocycles. The summed E-state index contributed by atoms with van der Waals surface area (Å²) in [7, 11) is 2.10. The van der Waals surface area contributed by atoms with Crippen molar-refractivity contribution in [1.29, 1.82) is 0 Å². The molecular weight excluding hydrogens is 583 g/mol. The summed E-state index contributed by atoms with van der Waals surface area (Å²) in [5, 5.41) is 0. The average molecular weight is 639 g/mol. The van der Waals surface area contributed by atoms with Gasteiger partial charge in [-0.2, -0.15) is 0 Å². The molecule has 0 aliphatic rings. The summed E-state index contributed by atoms with van der Waals surface area (Å²) in [5.74, 6) is 1.20. The van der Waals surface area contributed by atoms with Crippen LogP contribution in [-0.2, 0) is 28.2 Å². The summed E-state index contributed by atoms with van der Waals surface area (Å²) in [6, 6.07) is 26.2. The lowest BCUT2D eigenvalue weighted by Gasteiger charge is -2.26. The molecule has 3 aromatic carbocycles. The Bertz CT molecular complexity index is 1750. The minimum Gasteiger partial charge on any atom is -0.261 e. The Morgan fingerprint density at radius 2 is 1.04 bits per heavy atom. The van der Waals surface area contributed by atoms with Crippen LogP contribution in [0.5, 0.6) is 0 Å². The topological polar surface area (TPSA) is 50.0 Å². The maximum Gasteiger partial charge on any atom is 0.161 e. The molecule has 0 N–H and O–H groups in total. The molecule has 0 atom stereocenters. The second-order valence-corrected chi connectivity index (χ2v) is 17.2. The van der Waals surface area contributed by atoms with E-state index in [1.165, 1.54) is 27.7 Å². The van der Waals surface area contributed by atoms with Crippen LogP contribution in [0.4, 0.5) is 0 Å². The minimum atomic E-state index is -0.0528. The Morgan fingerprint density at radius 1 is 0.604 bits per heavy atom. The van der Waals surface area contributed by atoms with Crippen molar-refractivity contribution < 1.29 is 0 Å². The van der Waals surface area contributed by atoms with Crippen LogP contribution in [0.3, 0.4) is 0 Å². The van der Waals surface area contributed by atoms with Gasteiger partial charge in [0.05, 0.1) is 12.2 Å². The van der Waals surface area contributed by atoms with Crippen LogP contribution < -0.4 is 5.46 Å². The van der Waals surface area contributed by atoms with Crippen molar-refractivity contribution in [2.24, 2.45) is 15.0 Å². The molecule has 0 bridgehead atoms. The van der Waals surface area contributed by atoms with Crippen molar-refractivity contribution in [3.05, 3.63) is 118 Å². The van der Waals surface area contributed by atoms with Crippen molar-refractivity contribution in [3.63, 3.8) is 0 Å². The number of hydrogen-bond donors (Lipinski definition) is 0. The Morgan fingerprint density at radius 3 is 1.42 bits per heavy atom. The second kappa shape index (κ2) is 13.8. The number of benzene rings is 3. The number of rotatable bonds is 5. The molecule has 0 unspecified atom stereocenters. The van der Waals surface area contributed by atoms with Crippen LogP contribution in [0.15, 0.2) is 94.0 Å². The van der Waals surface area contributed by atoms with E-state index in [1.54, 1.807) is 0 Å². The first kappa shape index (κ1) is 36.7. The molecule has 0 spiro atoms. The molecule has 0 radical (unpaired) electrons. The Kier molecular flexibility index (Phi) is 10.5. The molecular formula is C43H55BN4. The Hall–Kier alpha value is -4.12. The number of hydrogen-bond acceptors (Lipinski definition) is 2. The predicted molar refractivity (Wildman–Crippen MR) is 212 cm³/mol. The monoisotopic (exact) mass is 638 g/mol. The molecule has 1 aromatic heterocycles. The lowest BCUT2D eigenvalue weighted by atomic mass is 9.79. The van der Waals surface area contributed by atoms with E-state index in [0.717, 1.165) is 27.9 Å². The smallest absolute Gasteiger partial charge is 0.161 e. The zero-order valence-corrected chi connectivity index (χ0v) is 31.7. The van der Waals surface area contributed by atoms with Crippen molar-refractivity contribution >= 4 is 31.7 Å². The van der Waals surface area contributed by atoms with Crippen LogP contribution in [0.1, 0.15) is 122 Å². The van der Waals surface area contributed by atoms with Crippen molar-refractivity contribution in [3.8, 4) is 11.3 Å². The zero-order valence-electron chi connectivity index (χ0n) is 31.7. The molecule has 0 aliphatic carbocycles. The number of nitrogens with zero attached hydrogens (tertiary/aromatic N) is 4. The molecule has 0 saturated heterocycles. The number of amidine groups is 2. The van der Waals surface area contributed by atoms with Crippen molar-refractivity contribution in [2.45, 2.75) is 111 Å². The number of pyridine rings is 1. The normalized spacial score (nSPS) is 13.5. The second-order valence-electron chi connectivity index (χ2n) is 17.2. The molecule has 0 fully saturated rings. The maximum atomic E-state index is 5.23. The van der Waals surface area contributed by atoms with Crippen molar-refractivity contribution in [1.82, 2.24) is 4.98 Å². The van der Waals surface area contributed by atoms with Gasteiger partial charge in [0.2, 0.25) is 0 Å². The number of aromatic nitrogens is 1. The third-order valence-electron chi connectivity index (χ3n) is 8.79. The average Bonchev–Trinajstić information content (AvgIpc) is 3.00. The van der Waals surface area contributed by atoms with Gasteiger partial charge in [-0.25, -0.2) is 9.98 Å². The van der Waals surface area contributed by atoms with Gasteiger partial charge in [-0.3, -0.25) is 9.98 Å². The molecule has 5 heteroatoms. The quantitative estimate of drug-likeness (QED) is 0.122. The van der Waals surface area contributed by atoms with E-state index in [2.05, 4.69) is 175 Å². The van der Waals surface area contributed by atoms with Gasteiger partial charge in [0.15, 0.2) is 11.7 Å². The van der Waals surface area contributed by atoms with Gasteiger partial charge < -0.3 is 0 Å². The highest BCUT2D eigenvalue weighted by Gasteiger charge is 2.24. The summed E-state index contributed by atoms with van der Waals surface area (Å²) in [6.45, 7) is 31.4. The zero-order chi connectivity index (χ0) is 35.7. The van der Waals surface area contributed by atoms with Gasteiger partial charge in [-0.1, -0.05) is 131 Å².